The molecular weight excluding hydrogens is 192 g/mol. The monoisotopic (exact) mass is 208 g/mol. The van der Waals surface area contributed by atoms with Crippen molar-refractivity contribution in [3.05, 3.63) is 23.5 Å². The molecule has 0 amide bonds. The molecule has 0 spiro atoms. The van der Waals surface area contributed by atoms with Crippen molar-refractivity contribution in [2.45, 2.75) is 26.0 Å². The van der Waals surface area contributed by atoms with E-state index in [9.17, 15) is 5.11 Å². The Morgan fingerprint density at radius 3 is 3.20 bits per heavy atom. The van der Waals surface area contributed by atoms with Gasteiger partial charge < -0.3 is 10.4 Å². The average molecular weight is 208 g/mol. The van der Waals surface area contributed by atoms with Crippen molar-refractivity contribution in [3.63, 3.8) is 0 Å². The first kappa shape index (κ1) is 10.3. The van der Waals surface area contributed by atoms with E-state index in [2.05, 4.69) is 15.6 Å². The summed E-state index contributed by atoms with van der Waals surface area (Å²) in [5, 5.41) is 20.6. The summed E-state index contributed by atoms with van der Waals surface area (Å²) in [6.07, 6.45) is 4.25. The van der Waals surface area contributed by atoms with Crippen LogP contribution in [0, 0.1) is 0 Å². The minimum Gasteiger partial charge on any atom is -0.388 e. The number of aryl methyl sites for hydroxylation is 1. The summed E-state index contributed by atoms with van der Waals surface area (Å²) in [6.45, 7) is 4.35. The van der Waals surface area contributed by atoms with Crippen molar-refractivity contribution in [2.75, 3.05) is 13.1 Å². The van der Waals surface area contributed by atoms with Crippen LogP contribution in [0.4, 0.5) is 0 Å². The van der Waals surface area contributed by atoms with Crippen LogP contribution in [-0.4, -0.2) is 39.3 Å². The lowest BCUT2D eigenvalue weighted by atomic mass is 10.1. The minimum atomic E-state index is -0.366. The highest BCUT2D eigenvalue weighted by Gasteiger charge is 2.11. The maximum Gasteiger partial charge on any atom is 0.0867 e. The van der Waals surface area contributed by atoms with Gasteiger partial charge in [-0.3, -0.25) is 4.68 Å². The molecule has 1 unspecified atom stereocenters. The van der Waals surface area contributed by atoms with Gasteiger partial charge in [0.1, 0.15) is 0 Å². The molecule has 0 radical (unpaired) electrons. The largest absolute Gasteiger partial charge is 0.388 e. The number of nitrogens with one attached hydrogen (secondary N) is 1. The number of rotatable bonds is 3. The third-order valence-corrected chi connectivity index (χ3v) is 2.45. The van der Waals surface area contributed by atoms with Gasteiger partial charge in [0.25, 0.3) is 0 Å². The number of aliphatic hydroxyl groups is 1. The van der Waals surface area contributed by atoms with Gasteiger partial charge in [0.15, 0.2) is 0 Å². The van der Waals surface area contributed by atoms with Gasteiger partial charge in [-0.15, -0.1) is 5.10 Å². The fourth-order valence-electron chi connectivity index (χ4n) is 1.70. The van der Waals surface area contributed by atoms with E-state index in [1.807, 2.05) is 23.9 Å². The molecule has 5 nitrogen and oxygen atoms in total. The Kier molecular flexibility index (Phi) is 3.13. The summed E-state index contributed by atoms with van der Waals surface area (Å²) in [4.78, 5) is 0. The highest BCUT2D eigenvalue weighted by Crippen LogP contribution is 2.08. The van der Waals surface area contributed by atoms with Crippen LogP contribution < -0.4 is 5.32 Å². The molecule has 82 valence electrons. The molecule has 2 N–H and O–H groups in total. The number of aliphatic hydroxyl groups excluding tert-OH is 1. The zero-order valence-electron chi connectivity index (χ0n) is 8.85. The molecule has 1 aliphatic heterocycles. The van der Waals surface area contributed by atoms with Crippen LogP contribution in [-0.2, 0) is 13.0 Å². The Morgan fingerprint density at radius 1 is 1.67 bits per heavy atom. The summed E-state index contributed by atoms with van der Waals surface area (Å²) in [5.74, 6) is 0. The second-order valence-electron chi connectivity index (χ2n) is 3.77. The Balaban J connectivity index is 2.01. The van der Waals surface area contributed by atoms with Gasteiger partial charge in [0.2, 0.25) is 0 Å². The third kappa shape index (κ3) is 2.64. The minimum absolute atomic E-state index is 0.366. The van der Waals surface area contributed by atoms with E-state index in [-0.39, 0.29) is 6.10 Å². The second kappa shape index (κ2) is 4.55. The maximum absolute atomic E-state index is 9.43. The van der Waals surface area contributed by atoms with E-state index in [4.69, 9.17) is 0 Å². The van der Waals surface area contributed by atoms with Gasteiger partial charge in [-0.2, -0.15) is 0 Å². The normalized spacial score (nSPS) is 21.5. The Labute approximate surface area is 88.8 Å². The Hall–Kier alpha value is -1.20. The summed E-state index contributed by atoms with van der Waals surface area (Å²) in [7, 11) is 0. The lowest BCUT2D eigenvalue weighted by Gasteiger charge is -2.17. The number of hydrogen-bond acceptors (Lipinski definition) is 4. The van der Waals surface area contributed by atoms with E-state index < -0.39 is 0 Å². The maximum atomic E-state index is 9.43. The van der Waals surface area contributed by atoms with Crippen molar-refractivity contribution >= 4 is 0 Å². The zero-order chi connectivity index (χ0) is 10.7. The fourth-order valence-corrected chi connectivity index (χ4v) is 1.70. The fraction of sp³-hybridized carbons (Fsp3) is 0.600. The predicted octanol–water partition coefficient (Wildman–Crippen LogP) is -0.269. The van der Waals surface area contributed by atoms with E-state index >= 15 is 0 Å². The molecule has 15 heavy (non-hydrogen) atoms. The van der Waals surface area contributed by atoms with Gasteiger partial charge >= 0.3 is 0 Å². The van der Waals surface area contributed by atoms with Gasteiger partial charge in [0.05, 0.1) is 11.8 Å². The van der Waals surface area contributed by atoms with Crippen LogP contribution >= 0.6 is 0 Å². The lowest BCUT2D eigenvalue weighted by Crippen LogP contribution is -2.32. The molecule has 1 atom stereocenters. The SMILES string of the molecule is CCn1cc(CC2=CC(O)CNC2)nn1. The Morgan fingerprint density at radius 2 is 2.53 bits per heavy atom. The first-order chi connectivity index (χ1) is 7.28. The molecule has 0 bridgehead atoms. The highest BCUT2D eigenvalue weighted by atomic mass is 16.3. The zero-order valence-corrected chi connectivity index (χ0v) is 8.85. The average Bonchev–Trinajstić information content (AvgIpc) is 2.65. The van der Waals surface area contributed by atoms with Crippen LogP contribution in [0.15, 0.2) is 17.8 Å². The molecule has 0 saturated carbocycles. The molecular formula is C10H16N4O. The molecule has 1 aromatic heterocycles. The van der Waals surface area contributed by atoms with Gasteiger partial charge in [-0.1, -0.05) is 16.9 Å². The van der Waals surface area contributed by atoms with Crippen LogP contribution in [0.5, 0.6) is 0 Å². The van der Waals surface area contributed by atoms with E-state index in [1.165, 1.54) is 5.57 Å². The lowest BCUT2D eigenvalue weighted by molar-refractivity contribution is 0.212. The number of aromatic nitrogens is 3. The van der Waals surface area contributed by atoms with Crippen LogP contribution in [0.2, 0.25) is 0 Å². The number of β-amino-alcohol motifs (C(OH)–C–C–N with tert-alkyl or cyclic N) is 1. The Bertz CT molecular complexity index is 358. The molecule has 0 fully saturated rings. The molecule has 1 aromatic rings. The van der Waals surface area contributed by atoms with Crippen LogP contribution in [0.25, 0.3) is 0 Å². The van der Waals surface area contributed by atoms with Crippen molar-refractivity contribution in [1.82, 2.24) is 20.3 Å². The summed E-state index contributed by atoms with van der Waals surface area (Å²) < 4.78 is 1.81. The van der Waals surface area contributed by atoms with Crippen LogP contribution in [0.3, 0.4) is 0 Å². The third-order valence-electron chi connectivity index (χ3n) is 2.45. The first-order valence-electron chi connectivity index (χ1n) is 5.25. The molecule has 0 saturated heterocycles. The van der Waals surface area contributed by atoms with Crippen molar-refractivity contribution in [3.8, 4) is 0 Å². The van der Waals surface area contributed by atoms with Crippen LogP contribution in [0.1, 0.15) is 12.6 Å². The van der Waals surface area contributed by atoms with Gasteiger partial charge in [-0.25, -0.2) is 0 Å². The van der Waals surface area contributed by atoms with Crippen molar-refractivity contribution in [2.24, 2.45) is 0 Å². The first-order valence-corrected chi connectivity index (χ1v) is 5.25. The van der Waals surface area contributed by atoms with Crippen molar-refractivity contribution in [1.29, 1.82) is 0 Å². The predicted molar refractivity (Wildman–Crippen MR) is 56.4 cm³/mol. The smallest absolute Gasteiger partial charge is 0.0867 e. The van der Waals surface area contributed by atoms with E-state index in [1.54, 1.807) is 0 Å². The second-order valence-corrected chi connectivity index (χ2v) is 3.77. The van der Waals surface area contributed by atoms with E-state index in [0.29, 0.717) is 6.54 Å². The number of nitrogens with zero attached hydrogens (tertiary/aromatic N) is 3. The summed E-state index contributed by atoms with van der Waals surface area (Å²) in [6, 6.07) is 0. The highest BCUT2D eigenvalue weighted by molar-refractivity contribution is 5.17. The summed E-state index contributed by atoms with van der Waals surface area (Å²) in [5.41, 5.74) is 2.14. The molecule has 0 aromatic carbocycles. The summed E-state index contributed by atoms with van der Waals surface area (Å²) >= 11 is 0. The molecule has 2 rings (SSSR count). The molecule has 1 aliphatic rings. The van der Waals surface area contributed by atoms with Gasteiger partial charge in [-0.05, 0) is 6.92 Å². The molecule has 2 heterocycles. The molecule has 0 aliphatic carbocycles. The quantitative estimate of drug-likeness (QED) is 0.671. The molecule has 5 heteroatoms. The topological polar surface area (TPSA) is 63.0 Å². The number of hydrogen-bond donors (Lipinski definition) is 2. The van der Waals surface area contributed by atoms with E-state index in [0.717, 1.165) is 25.2 Å². The van der Waals surface area contributed by atoms with Crippen molar-refractivity contribution < 1.29 is 5.11 Å². The standard InChI is InChI=1S/C10H16N4O/c1-2-14-7-9(12-13-14)3-8-4-10(15)6-11-5-8/h4,7,10-11,15H,2-3,5-6H2,1H3. The van der Waals surface area contributed by atoms with Gasteiger partial charge in [0, 0.05) is 32.3 Å².